The van der Waals surface area contributed by atoms with Crippen molar-refractivity contribution in [2.45, 2.75) is 26.2 Å². The van der Waals surface area contributed by atoms with Gasteiger partial charge in [0.1, 0.15) is 42.2 Å². The normalized spacial score (nSPS) is 13.3. The molecule has 0 aliphatic carbocycles. The summed E-state index contributed by atoms with van der Waals surface area (Å²) in [5, 5.41) is 21.0. The van der Waals surface area contributed by atoms with E-state index in [0.717, 1.165) is 0 Å². The van der Waals surface area contributed by atoms with Gasteiger partial charge < -0.3 is 24.4 Å². The first-order chi connectivity index (χ1) is 16.4. The Morgan fingerprint density at radius 1 is 0.824 bits per heavy atom. The summed E-state index contributed by atoms with van der Waals surface area (Å²) in [6, 6.07) is 14.1. The number of rotatable bonds is 11. The lowest BCUT2D eigenvalue weighted by atomic mass is 9.85. The van der Waals surface area contributed by atoms with E-state index in [-0.39, 0.29) is 13.2 Å². The van der Waals surface area contributed by atoms with Gasteiger partial charge in [0.05, 0.1) is 6.04 Å². The third kappa shape index (κ3) is 6.50. The standard InChI is InChI=1S/C26H25NO7/c1-17(30)27-26(18-5-3-2-4-6-18)25(23(31)13-11-19-7-9-21(15-28)33-19)24(32)14-12-20-8-10-22(16-29)34-20/h2-14,25-26,28-29H,15-16H2,1H3,(H,27,30). The zero-order chi connectivity index (χ0) is 24.5. The first kappa shape index (κ1) is 24.6. The lowest BCUT2D eigenvalue weighted by molar-refractivity contribution is -0.129. The van der Waals surface area contributed by atoms with Crippen LogP contribution in [0.1, 0.15) is 41.6 Å². The highest BCUT2D eigenvalue weighted by Crippen LogP contribution is 2.26. The van der Waals surface area contributed by atoms with Gasteiger partial charge in [-0.15, -0.1) is 0 Å². The molecule has 3 N–H and O–H groups in total. The maximum Gasteiger partial charge on any atom is 0.217 e. The van der Waals surface area contributed by atoms with Crippen LogP contribution in [0, 0.1) is 5.92 Å². The highest BCUT2D eigenvalue weighted by atomic mass is 16.4. The van der Waals surface area contributed by atoms with E-state index in [9.17, 15) is 14.4 Å². The molecular formula is C26H25NO7. The summed E-state index contributed by atoms with van der Waals surface area (Å²) < 4.78 is 10.7. The Bertz CT molecular complexity index is 1120. The molecule has 0 aliphatic rings. The SMILES string of the molecule is CC(=O)NC(c1ccccc1)C(C(=O)C=Cc1ccc(CO)o1)C(=O)C=Cc1ccc(CO)o1. The van der Waals surface area contributed by atoms with E-state index in [0.29, 0.717) is 28.6 Å². The lowest BCUT2D eigenvalue weighted by Crippen LogP contribution is -2.39. The van der Waals surface area contributed by atoms with Crippen LogP contribution < -0.4 is 5.32 Å². The molecule has 0 radical (unpaired) electrons. The van der Waals surface area contributed by atoms with Crippen molar-refractivity contribution in [3.63, 3.8) is 0 Å². The topological polar surface area (TPSA) is 130 Å². The van der Waals surface area contributed by atoms with Crippen LogP contribution in [0.5, 0.6) is 0 Å². The van der Waals surface area contributed by atoms with Crippen molar-refractivity contribution in [1.82, 2.24) is 5.32 Å². The van der Waals surface area contributed by atoms with E-state index in [2.05, 4.69) is 5.32 Å². The van der Waals surface area contributed by atoms with Gasteiger partial charge in [-0.1, -0.05) is 30.3 Å². The highest BCUT2D eigenvalue weighted by molar-refractivity contribution is 6.14. The van der Waals surface area contributed by atoms with Gasteiger partial charge in [0.2, 0.25) is 5.91 Å². The smallest absolute Gasteiger partial charge is 0.217 e. The number of hydrogen-bond acceptors (Lipinski definition) is 7. The Morgan fingerprint density at radius 3 is 1.74 bits per heavy atom. The molecule has 34 heavy (non-hydrogen) atoms. The molecule has 1 amide bonds. The number of ketones is 2. The highest BCUT2D eigenvalue weighted by Gasteiger charge is 2.34. The van der Waals surface area contributed by atoms with Crippen molar-refractivity contribution in [3.8, 4) is 0 Å². The molecule has 3 rings (SSSR count). The van der Waals surface area contributed by atoms with E-state index >= 15 is 0 Å². The van der Waals surface area contributed by atoms with Gasteiger partial charge in [-0.05, 0) is 54.1 Å². The van der Waals surface area contributed by atoms with Crippen molar-refractivity contribution in [2.24, 2.45) is 5.92 Å². The van der Waals surface area contributed by atoms with Gasteiger partial charge in [0.15, 0.2) is 11.6 Å². The zero-order valence-corrected chi connectivity index (χ0v) is 18.5. The largest absolute Gasteiger partial charge is 0.459 e. The molecule has 8 nitrogen and oxygen atoms in total. The van der Waals surface area contributed by atoms with Crippen LogP contribution in [-0.4, -0.2) is 27.7 Å². The van der Waals surface area contributed by atoms with Gasteiger partial charge in [-0.2, -0.15) is 0 Å². The second-order valence-corrected chi connectivity index (χ2v) is 7.46. The van der Waals surface area contributed by atoms with Crippen molar-refractivity contribution < 1.29 is 33.4 Å². The molecule has 1 unspecified atom stereocenters. The fourth-order valence-corrected chi connectivity index (χ4v) is 3.38. The van der Waals surface area contributed by atoms with E-state index in [1.165, 1.54) is 31.2 Å². The predicted molar refractivity (Wildman–Crippen MR) is 124 cm³/mol. The molecule has 0 fully saturated rings. The van der Waals surface area contributed by atoms with Crippen LogP contribution in [0.15, 0.2) is 75.6 Å². The number of amides is 1. The minimum Gasteiger partial charge on any atom is -0.459 e. The number of allylic oxidation sites excluding steroid dienone is 2. The summed E-state index contributed by atoms with van der Waals surface area (Å²) in [6.45, 7) is 0.750. The minimum absolute atomic E-state index is 0.281. The maximum atomic E-state index is 13.3. The molecule has 3 aromatic rings. The number of hydrogen-bond donors (Lipinski definition) is 3. The minimum atomic E-state index is -1.27. The molecule has 0 saturated carbocycles. The number of benzene rings is 1. The number of carbonyl (C=O) groups excluding carboxylic acids is 3. The predicted octanol–water partition coefficient (Wildman–Crippen LogP) is 3.22. The van der Waals surface area contributed by atoms with Crippen LogP contribution in [-0.2, 0) is 27.6 Å². The number of aliphatic hydroxyl groups excluding tert-OH is 2. The molecule has 0 saturated heterocycles. The number of nitrogens with one attached hydrogen (secondary N) is 1. The Labute approximate surface area is 196 Å². The molecular weight excluding hydrogens is 438 g/mol. The van der Waals surface area contributed by atoms with Gasteiger partial charge in [-0.3, -0.25) is 14.4 Å². The average Bonchev–Trinajstić information content (AvgIpc) is 3.50. The monoisotopic (exact) mass is 463 g/mol. The summed E-state index contributed by atoms with van der Waals surface area (Å²) in [6.07, 6.45) is 5.23. The summed E-state index contributed by atoms with van der Waals surface area (Å²) in [4.78, 5) is 38.5. The fourth-order valence-electron chi connectivity index (χ4n) is 3.38. The van der Waals surface area contributed by atoms with Crippen LogP contribution in [0.2, 0.25) is 0 Å². The van der Waals surface area contributed by atoms with Crippen molar-refractivity contribution in [2.75, 3.05) is 0 Å². The number of furan rings is 2. The third-order valence-electron chi connectivity index (χ3n) is 4.96. The van der Waals surface area contributed by atoms with Crippen LogP contribution in [0.3, 0.4) is 0 Å². The summed E-state index contributed by atoms with van der Waals surface area (Å²) in [5.74, 6) is -1.41. The van der Waals surface area contributed by atoms with Crippen molar-refractivity contribution in [3.05, 3.63) is 95.4 Å². The van der Waals surface area contributed by atoms with E-state index in [1.807, 2.05) is 0 Å². The molecule has 2 aromatic heterocycles. The van der Waals surface area contributed by atoms with Gasteiger partial charge in [0.25, 0.3) is 0 Å². The molecule has 2 heterocycles. The van der Waals surface area contributed by atoms with E-state index < -0.39 is 29.4 Å². The molecule has 1 atom stereocenters. The second kappa shape index (κ2) is 11.7. The summed E-state index contributed by atoms with van der Waals surface area (Å²) >= 11 is 0. The van der Waals surface area contributed by atoms with Crippen molar-refractivity contribution in [1.29, 1.82) is 0 Å². The van der Waals surface area contributed by atoms with Crippen LogP contribution >= 0.6 is 0 Å². The Hall–Kier alpha value is -4.01. The fraction of sp³-hybridized carbons (Fsp3) is 0.192. The van der Waals surface area contributed by atoms with E-state index in [4.69, 9.17) is 19.0 Å². The summed E-state index contributed by atoms with van der Waals surface area (Å²) in [7, 11) is 0. The molecule has 8 heteroatoms. The van der Waals surface area contributed by atoms with Crippen molar-refractivity contribution >= 4 is 29.6 Å². The van der Waals surface area contributed by atoms with Crippen LogP contribution in [0.25, 0.3) is 12.2 Å². The maximum absolute atomic E-state index is 13.3. The molecule has 0 spiro atoms. The number of carbonyl (C=O) groups is 3. The molecule has 176 valence electrons. The average molecular weight is 463 g/mol. The molecule has 0 bridgehead atoms. The van der Waals surface area contributed by atoms with E-state index in [1.54, 1.807) is 54.6 Å². The van der Waals surface area contributed by atoms with Gasteiger partial charge in [-0.25, -0.2) is 0 Å². The van der Waals surface area contributed by atoms with Crippen LogP contribution in [0.4, 0.5) is 0 Å². The van der Waals surface area contributed by atoms with Gasteiger partial charge >= 0.3 is 0 Å². The van der Waals surface area contributed by atoms with Gasteiger partial charge in [0, 0.05) is 6.92 Å². The first-order valence-electron chi connectivity index (χ1n) is 10.6. The third-order valence-corrected chi connectivity index (χ3v) is 4.96. The lowest BCUT2D eigenvalue weighted by Gasteiger charge is -2.24. The first-order valence-corrected chi connectivity index (χ1v) is 10.6. The molecule has 1 aromatic carbocycles. The molecule has 0 aliphatic heterocycles. The number of aliphatic hydroxyl groups is 2. The Balaban J connectivity index is 1.95. The summed E-state index contributed by atoms with van der Waals surface area (Å²) in [5.41, 5.74) is 0.590. The quantitative estimate of drug-likeness (QED) is 0.294. The second-order valence-electron chi connectivity index (χ2n) is 7.46. The zero-order valence-electron chi connectivity index (χ0n) is 18.5. The Kier molecular flexibility index (Phi) is 8.50. The Morgan fingerprint density at radius 2 is 1.32 bits per heavy atom.